The van der Waals surface area contributed by atoms with Crippen LogP contribution in [-0.4, -0.2) is 34.5 Å². The number of aromatic nitrogens is 1. The summed E-state index contributed by atoms with van der Waals surface area (Å²) in [6.07, 6.45) is 2.03. The maximum absolute atomic E-state index is 10.5. The fourth-order valence-electron chi connectivity index (χ4n) is 2.54. The number of hydrogen-bond donors (Lipinski definition) is 2. The summed E-state index contributed by atoms with van der Waals surface area (Å²) in [5.74, 6) is 0.126. The van der Waals surface area contributed by atoms with Gasteiger partial charge in [0.2, 0.25) is 11.0 Å². The standard InChI is InChI=1S/C17H24N4O2S/c1-4-5-10-21-14-9-7-6-8-13(14)15(16(21)22)19-20-17(24)18-12(2)11-23-3/h6-9,12,22H,4-5,10-11H2,1-3H3,(H,18,24)/t12-/m1/s1. The van der Waals surface area contributed by atoms with Gasteiger partial charge in [0.15, 0.2) is 5.69 Å². The number of hydrogen-bond acceptors (Lipinski definition) is 4. The largest absolute Gasteiger partial charge is 0.493 e. The molecule has 0 saturated heterocycles. The number of ether oxygens (including phenoxy) is 1. The number of thiocarbonyl (C=S) groups is 1. The van der Waals surface area contributed by atoms with Crippen LogP contribution in [0.5, 0.6) is 5.88 Å². The zero-order chi connectivity index (χ0) is 17.5. The fraction of sp³-hybridized carbons (Fsp3) is 0.471. The number of nitrogens with one attached hydrogen (secondary N) is 1. The van der Waals surface area contributed by atoms with E-state index < -0.39 is 0 Å². The van der Waals surface area contributed by atoms with Crippen LogP contribution >= 0.6 is 12.2 Å². The number of aromatic hydroxyl groups is 1. The zero-order valence-electron chi connectivity index (χ0n) is 14.3. The predicted molar refractivity (Wildman–Crippen MR) is 100 cm³/mol. The van der Waals surface area contributed by atoms with Gasteiger partial charge in [-0.3, -0.25) is 0 Å². The summed E-state index contributed by atoms with van der Waals surface area (Å²) in [5, 5.41) is 22.9. The molecule has 2 aromatic rings. The summed E-state index contributed by atoms with van der Waals surface area (Å²) in [7, 11) is 1.63. The molecule has 1 aromatic carbocycles. The van der Waals surface area contributed by atoms with Crippen molar-refractivity contribution in [3.63, 3.8) is 0 Å². The lowest BCUT2D eigenvalue weighted by molar-refractivity contribution is 0.179. The molecule has 7 heteroatoms. The van der Waals surface area contributed by atoms with E-state index >= 15 is 0 Å². The van der Waals surface area contributed by atoms with Crippen LogP contribution in [0.15, 0.2) is 34.5 Å². The Morgan fingerprint density at radius 3 is 2.88 bits per heavy atom. The Kier molecular flexibility index (Phi) is 6.69. The molecule has 0 saturated carbocycles. The number of fused-ring (bicyclic) bond motifs is 1. The van der Waals surface area contributed by atoms with E-state index in [4.69, 9.17) is 17.0 Å². The molecule has 1 atom stereocenters. The SMILES string of the molecule is CCCCn1c(O)c(N=NC(=S)N[C@H](C)COC)c2ccccc21. The monoisotopic (exact) mass is 348 g/mol. The molecule has 1 aromatic heterocycles. The van der Waals surface area contributed by atoms with Gasteiger partial charge < -0.3 is 19.7 Å². The smallest absolute Gasteiger partial charge is 0.220 e. The van der Waals surface area contributed by atoms with Gasteiger partial charge in [-0.15, -0.1) is 10.2 Å². The number of benzene rings is 1. The number of methoxy groups -OCH3 is 1. The molecule has 130 valence electrons. The van der Waals surface area contributed by atoms with Crippen molar-refractivity contribution in [2.45, 2.75) is 39.3 Å². The summed E-state index contributed by atoms with van der Waals surface area (Å²) in [5.41, 5.74) is 1.40. The van der Waals surface area contributed by atoms with Crippen molar-refractivity contribution in [3.05, 3.63) is 24.3 Å². The molecule has 2 N–H and O–H groups in total. The minimum Gasteiger partial charge on any atom is -0.493 e. The molecule has 2 rings (SSSR count). The first-order valence-corrected chi connectivity index (χ1v) is 8.50. The Morgan fingerprint density at radius 2 is 2.17 bits per heavy atom. The van der Waals surface area contributed by atoms with Crippen LogP contribution in [0.1, 0.15) is 26.7 Å². The molecule has 0 unspecified atom stereocenters. The Hall–Kier alpha value is -1.99. The van der Waals surface area contributed by atoms with E-state index in [1.807, 2.05) is 35.8 Å². The minimum absolute atomic E-state index is 0.0425. The topological polar surface area (TPSA) is 71.1 Å². The lowest BCUT2D eigenvalue weighted by atomic mass is 10.2. The van der Waals surface area contributed by atoms with E-state index in [0.29, 0.717) is 12.3 Å². The van der Waals surface area contributed by atoms with E-state index in [1.54, 1.807) is 7.11 Å². The van der Waals surface area contributed by atoms with Crippen molar-refractivity contribution < 1.29 is 9.84 Å². The average molecular weight is 348 g/mol. The van der Waals surface area contributed by atoms with Crippen molar-refractivity contribution in [2.75, 3.05) is 13.7 Å². The van der Waals surface area contributed by atoms with Gasteiger partial charge in [-0.1, -0.05) is 31.5 Å². The van der Waals surface area contributed by atoms with E-state index in [9.17, 15) is 5.11 Å². The number of rotatable bonds is 7. The summed E-state index contributed by atoms with van der Waals surface area (Å²) < 4.78 is 6.92. The average Bonchev–Trinajstić information content (AvgIpc) is 2.82. The quantitative estimate of drug-likeness (QED) is 0.583. The molecule has 0 spiro atoms. The van der Waals surface area contributed by atoms with Gasteiger partial charge in [-0.05, 0) is 31.6 Å². The Balaban J connectivity index is 2.26. The van der Waals surface area contributed by atoms with Crippen LogP contribution in [0.3, 0.4) is 0 Å². The normalized spacial score (nSPS) is 12.8. The second-order valence-corrected chi connectivity index (χ2v) is 6.09. The summed E-state index contributed by atoms with van der Waals surface area (Å²) in [6, 6.07) is 7.81. The van der Waals surface area contributed by atoms with E-state index in [-0.39, 0.29) is 17.0 Å². The molecule has 6 nitrogen and oxygen atoms in total. The fourth-order valence-corrected chi connectivity index (χ4v) is 2.78. The number of nitrogens with zero attached hydrogens (tertiary/aromatic N) is 3. The predicted octanol–water partition coefficient (Wildman–Crippen LogP) is 4.14. The van der Waals surface area contributed by atoms with Crippen molar-refractivity contribution in [3.8, 4) is 5.88 Å². The first-order valence-electron chi connectivity index (χ1n) is 8.09. The molecule has 0 aliphatic heterocycles. The summed E-state index contributed by atoms with van der Waals surface area (Å²) in [6.45, 7) is 5.33. The molecule has 0 aliphatic rings. The maximum atomic E-state index is 10.5. The molecule has 0 bridgehead atoms. The van der Waals surface area contributed by atoms with Crippen LogP contribution in [0.2, 0.25) is 0 Å². The zero-order valence-corrected chi connectivity index (χ0v) is 15.1. The third-order valence-corrected chi connectivity index (χ3v) is 3.88. The Labute approximate surface area is 147 Å². The molecular formula is C17H24N4O2S. The third-order valence-electron chi connectivity index (χ3n) is 3.68. The Bertz CT molecular complexity index is 727. The van der Waals surface area contributed by atoms with Gasteiger partial charge in [0.1, 0.15) is 0 Å². The van der Waals surface area contributed by atoms with Crippen molar-refractivity contribution in [2.24, 2.45) is 10.2 Å². The molecule has 24 heavy (non-hydrogen) atoms. The minimum atomic E-state index is 0.0425. The van der Waals surface area contributed by atoms with E-state index in [0.717, 1.165) is 30.3 Å². The first kappa shape index (κ1) is 18.4. The van der Waals surface area contributed by atoms with Crippen molar-refractivity contribution in [1.29, 1.82) is 0 Å². The molecule has 0 fully saturated rings. The molecule has 0 radical (unpaired) electrons. The van der Waals surface area contributed by atoms with E-state index in [2.05, 4.69) is 22.5 Å². The van der Waals surface area contributed by atoms with Crippen LogP contribution in [-0.2, 0) is 11.3 Å². The van der Waals surface area contributed by atoms with Crippen LogP contribution in [0.4, 0.5) is 5.69 Å². The maximum Gasteiger partial charge on any atom is 0.220 e. The van der Waals surface area contributed by atoms with Crippen LogP contribution in [0, 0.1) is 0 Å². The lowest BCUT2D eigenvalue weighted by Gasteiger charge is -2.11. The van der Waals surface area contributed by atoms with Gasteiger partial charge in [0.25, 0.3) is 0 Å². The van der Waals surface area contributed by atoms with Gasteiger partial charge in [0.05, 0.1) is 12.1 Å². The van der Waals surface area contributed by atoms with Gasteiger partial charge >= 0.3 is 0 Å². The number of aryl methyl sites for hydroxylation is 1. The van der Waals surface area contributed by atoms with Crippen LogP contribution < -0.4 is 5.32 Å². The lowest BCUT2D eigenvalue weighted by Crippen LogP contribution is -2.33. The summed E-state index contributed by atoms with van der Waals surface area (Å²) in [4.78, 5) is 0. The number of azo groups is 1. The van der Waals surface area contributed by atoms with Gasteiger partial charge in [-0.2, -0.15) is 0 Å². The molecule has 0 aliphatic carbocycles. The van der Waals surface area contributed by atoms with Crippen LogP contribution in [0.25, 0.3) is 10.9 Å². The highest BCUT2D eigenvalue weighted by atomic mass is 32.1. The summed E-state index contributed by atoms with van der Waals surface area (Å²) >= 11 is 5.17. The van der Waals surface area contributed by atoms with Gasteiger partial charge in [-0.25, -0.2) is 0 Å². The van der Waals surface area contributed by atoms with Crippen molar-refractivity contribution >= 4 is 33.9 Å². The van der Waals surface area contributed by atoms with Gasteiger partial charge in [0, 0.05) is 25.1 Å². The highest BCUT2D eigenvalue weighted by Gasteiger charge is 2.16. The number of para-hydroxylation sites is 1. The third kappa shape index (κ3) is 4.30. The highest BCUT2D eigenvalue weighted by Crippen LogP contribution is 2.38. The van der Waals surface area contributed by atoms with Crippen molar-refractivity contribution in [1.82, 2.24) is 9.88 Å². The Morgan fingerprint density at radius 1 is 1.42 bits per heavy atom. The first-order chi connectivity index (χ1) is 11.6. The number of unbranched alkanes of at least 4 members (excludes halogenated alkanes) is 1. The van der Waals surface area contributed by atoms with E-state index in [1.165, 1.54) is 0 Å². The highest BCUT2D eigenvalue weighted by molar-refractivity contribution is 7.80. The second kappa shape index (κ2) is 8.75. The second-order valence-electron chi connectivity index (χ2n) is 5.70. The molecular weight excluding hydrogens is 324 g/mol. The molecule has 1 heterocycles. The molecule has 0 amide bonds.